The summed E-state index contributed by atoms with van der Waals surface area (Å²) in [5, 5.41) is 6.68. The predicted molar refractivity (Wildman–Crippen MR) is 200 cm³/mol. The Morgan fingerprint density at radius 3 is 2.52 bits per heavy atom. The number of para-hydroxylation sites is 4. The van der Waals surface area contributed by atoms with Gasteiger partial charge in [0.1, 0.15) is 16.8 Å². The molecule has 9 rings (SSSR count). The summed E-state index contributed by atoms with van der Waals surface area (Å²) in [7, 11) is 0. The molecule has 52 heavy (non-hydrogen) atoms. The molecule has 5 heterocycles. The Hall–Kier alpha value is -5.84. The Morgan fingerprint density at radius 2 is 1.67 bits per heavy atom. The lowest BCUT2D eigenvalue weighted by molar-refractivity contribution is -0.121. The van der Waals surface area contributed by atoms with E-state index in [9.17, 15) is 14.4 Å². The van der Waals surface area contributed by atoms with E-state index >= 15 is 4.39 Å². The van der Waals surface area contributed by atoms with Gasteiger partial charge in [0.15, 0.2) is 17.3 Å². The van der Waals surface area contributed by atoms with E-state index < -0.39 is 11.2 Å². The zero-order valence-corrected chi connectivity index (χ0v) is 28.7. The number of hydrogen-bond donors (Lipinski definition) is 2. The van der Waals surface area contributed by atoms with Gasteiger partial charge in [0.2, 0.25) is 11.3 Å². The van der Waals surface area contributed by atoms with Crippen LogP contribution in [0.15, 0.2) is 95.9 Å². The summed E-state index contributed by atoms with van der Waals surface area (Å²) in [6.45, 7) is 3.92. The van der Waals surface area contributed by atoms with Crippen LogP contribution in [0.3, 0.4) is 0 Å². The van der Waals surface area contributed by atoms with Gasteiger partial charge in [-0.3, -0.25) is 14.4 Å². The van der Waals surface area contributed by atoms with Crippen molar-refractivity contribution in [1.29, 1.82) is 0 Å². The first-order chi connectivity index (χ1) is 25.4. The van der Waals surface area contributed by atoms with Crippen LogP contribution in [-0.4, -0.2) is 73.1 Å². The third kappa shape index (κ3) is 5.60. The molecule has 2 saturated heterocycles. The summed E-state index contributed by atoms with van der Waals surface area (Å²) in [4.78, 5) is 46.9. The van der Waals surface area contributed by atoms with Crippen molar-refractivity contribution in [3.8, 4) is 17.2 Å². The van der Waals surface area contributed by atoms with Crippen LogP contribution in [-0.2, 0) is 4.79 Å². The number of rotatable bonds is 7. The molecule has 0 radical (unpaired) electrons. The van der Waals surface area contributed by atoms with Crippen LogP contribution in [0.1, 0.15) is 41.1 Å². The van der Waals surface area contributed by atoms with Crippen molar-refractivity contribution in [3.63, 3.8) is 0 Å². The fraction of sp³-hybridized carbons (Fsp3) is 0.293. The number of pyridine rings is 1. The van der Waals surface area contributed by atoms with Crippen LogP contribution >= 0.6 is 0 Å². The molecule has 4 aliphatic rings. The van der Waals surface area contributed by atoms with Crippen LogP contribution < -0.4 is 30.6 Å². The molecule has 0 spiro atoms. The van der Waals surface area contributed by atoms with Crippen LogP contribution in [0, 0.1) is 5.82 Å². The molecule has 0 saturated carbocycles. The summed E-state index contributed by atoms with van der Waals surface area (Å²) in [6.07, 6.45) is 3.39. The number of amides is 2. The van der Waals surface area contributed by atoms with Crippen molar-refractivity contribution in [2.75, 3.05) is 60.9 Å². The van der Waals surface area contributed by atoms with Gasteiger partial charge in [0.05, 0.1) is 11.1 Å². The normalized spacial score (nSPS) is 18.8. The third-order valence-corrected chi connectivity index (χ3v) is 11.0. The van der Waals surface area contributed by atoms with Crippen molar-refractivity contribution >= 4 is 39.8 Å². The van der Waals surface area contributed by atoms with E-state index in [4.69, 9.17) is 4.74 Å². The lowest BCUT2D eigenvalue weighted by Crippen LogP contribution is -2.49. The van der Waals surface area contributed by atoms with Crippen LogP contribution in [0.4, 0.5) is 21.5 Å². The summed E-state index contributed by atoms with van der Waals surface area (Å²) in [5.74, 6) is 0.0274. The Morgan fingerprint density at radius 1 is 0.904 bits per heavy atom. The van der Waals surface area contributed by atoms with E-state index in [1.165, 1.54) is 11.6 Å². The second kappa shape index (κ2) is 13.0. The highest BCUT2D eigenvalue weighted by Crippen LogP contribution is 2.47. The molecular formula is C41H39FN6O4. The Kier molecular flexibility index (Phi) is 8.05. The smallest absolute Gasteiger partial charge is 0.259 e. The van der Waals surface area contributed by atoms with Gasteiger partial charge in [-0.15, -0.1) is 0 Å². The molecule has 11 heteroatoms. The molecule has 2 N–H and O–H groups in total. The van der Waals surface area contributed by atoms with Crippen molar-refractivity contribution < 1.29 is 18.7 Å². The molecule has 2 unspecified atom stereocenters. The average molecular weight is 699 g/mol. The average Bonchev–Trinajstić information content (AvgIpc) is 3.82. The van der Waals surface area contributed by atoms with Crippen molar-refractivity contribution in [2.24, 2.45) is 0 Å². The SMILES string of the molecule is O=C(CCC1CNc2ccccc21)NC1CCN(c2c(F)cc3c(=O)c(C(=O)N4CCN(c5ccccc5)CC4)cn4c3c2Oc2ccccc2-4)C1. The molecule has 0 bridgehead atoms. The number of nitrogens with one attached hydrogen (secondary N) is 2. The van der Waals surface area contributed by atoms with E-state index in [2.05, 4.69) is 27.7 Å². The van der Waals surface area contributed by atoms with Gasteiger partial charge in [-0.1, -0.05) is 48.5 Å². The van der Waals surface area contributed by atoms with Crippen LogP contribution in [0.2, 0.25) is 0 Å². The molecule has 264 valence electrons. The zero-order chi connectivity index (χ0) is 35.3. The second-order valence-corrected chi connectivity index (χ2v) is 14.1. The third-order valence-electron chi connectivity index (χ3n) is 11.0. The first kappa shape index (κ1) is 32.1. The highest BCUT2D eigenvalue weighted by atomic mass is 19.1. The molecular weight excluding hydrogens is 659 g/mol. The summed E-state index contributed by atoms with van der Waals surface area (Å²) in [6, 6.07) is 26.7. The number of fused-ring (bicyclic) bond motifs is 3. The minimum Gasteiger partial charge on any atom is -0.451 e. The topological polar surface area (TPSA) is 99.1 Å². The standard InChI is InChI=1S/C41H39FN6O4/c42-32-22-30-37-40(38(32)47-17-16-27(24-47)44-36(49)15-14-26-23-43-33-11-5-4-10-29(26)33)52-35-13-7-6-12-34(35)48(37)25-31(39(30)50)41(51)46-20-18-45(19-21-46)28-8-2-1-3-9-28/h1-13,22,25-27,43H,14-21,23-24H2,(H,44,49). The number of hydrogen-bond acceptors (Lipinski definition) is 7. The number of nitrogens with zero attached hydrogens (tertiary/aromatic N) is 4. The fourth-order valence-corrected chi connectivity index (χ4v) is 8.28. The maximum Gasteiger partial charge on any atom is 0.259 e. The first-order valence-corrected chi connectivity index (χ1v) is 18.1. The predicted octanol–water partition coefficient (Wildman–Crippen LogP) is 5.88. The quantitative estimate of drug-likeness (QED) is 0.215. The first-order valence-electron chi connectivity index (χ1n) is 18.1. The number of piperazine rings is 1. The van der Waals surface area contributed by atoms with Crippen molar-refractivity contribution in [1.82, 2.24) is 14.8 Å². The van der Waals surface area contributed by atoms with Crippen molar-refractivity contribution in [3.05, 3.63) is 118 Å². The Labute approximate surface area is 300 Å². The lowest BCUT2D eigenvalue weighted by Gasteiger charge is -2.36. The molecule has 5 aromatic rings. The summed E-state index contributed by atoms with van der Waals surface area (Å²) < 4.78 is 24.6. The van der Waals surface area contributed by atoms with Gasteiger partial charge < -0.3 is 34.6 Å². The molecule has 0 aliphatic carbocycles. The maximum absolute atomic E-state index is 16.4. The molecule has 4 aliphatic heterocycles. The van der Waals surface area contributed by atoms with E-state index in [-0.39, 0.29) is 40.2 Å². The Balaban J connectivity index is 0.969. The van der Waals surface area contributed by atoms with Gasteiger partial charge in [0, 0.05) is 81.8 Å². The van der Waals surface area contributed by atoms with Gasteiger partial charge in [-0.25, -0.2) is 4.39 Å². The van der Waals surface area contributed by atoms with Crippen LogP contribution in [0.5, 0.6) is 11.5 Å². The van der Waals surface area contributed by atoms with E-state index in [0.717, 1.165) is 24.3 Å². The van der Waals surface area contributed by atoms with Crippen LogP contribution in [0.25, 0.3) is 16.6 Å². The number of benzene rings is 4. The maximum atomic E-state index is 16.4. The minimum absolute atomic E-state index is 0.00344. The van der Waals surface area contributed by atoms with Gasteiger partial charge in [-0.2, -0.15) is 0 Å². The molecule has 2 atom stereocenters. The molecule has 1 aromatic heterocycles. The number of anilines is 3. The number of ether oxygens (including phenoxy) is 1. The summed E-state index contributed by atoms with van der Waals surface area (Å²) in [5.41, 5.74) is 4.28. The Bertz CT molecular complexity index is 2270. The van der Waals surface area contributed by atoms with Gasteiger partial charge in [0.25, 0.3) is 5.91 Å². The lowest BCUT2D eigenvalue weighted by atomic mass is 9.96. The molecule has 10 nitrogen and oxygen atoms in total. The number of carbonyl (C=O) groups excluding carboxylic acids is 2. The minimum atomic E-state index is -0.606. The number of aromatic nitrogens is 1. The second-order valence-electron chi connectivity index (χ2n) is 14.1. The van der Waals surface area contributed by atoms with Crippen molar-refractivity contribution in [2.45, 2.75) is 31.2 Å². The van der Waals surface area contributed by atoms with E-state index in [1.807, 2.05) is 65.6 Å². The number of halogens is 1. The highest BCUT2D eigenvalue weighted by Gasteiger charge is 2.35. The molecule has 2 amide bonds. The summed E-state index contributed by atoms with van der Waals surface area (Å²) >= 11 is 0. The zero-order valence-electron chi connectivity index (χ0n) is 28.7. The van der Waals surface area contributed by atoms with Gasteiger partial charge in [-0.05, 0) is 54.8 Å². The monoisotopic (exact) mass is 698 g/mol. The molecule has 4 aromatic carbocycles. The molecule has 2 fully saturated rings. The largest absolute Gasteiger partial charge is 0.451 e. The van der Waals surface area contributed by atoms with E-state index in [1.54, 1.807) is 21.7 Å². The highest BCUT2D eigenvalue weighted by molar-refractivity contribution is 6.01. The fourth-order valence-electron chi connectivity index (χ4n) is 8.28. The number of carbonyl (C=O) groups is 2. The van der Waals surface area contributed by atoms with E-state index in [0.29, 0.717) is 75.0 Å². The van der Waals surface area contributed by atoms with Gasteiger partial charge >= 0.3 is 0 Å².